The van der Waals surface area contributed by atoms with E-state index in [1.165, 1.54) is 25.7 Å². The summed E-state index contributed by atoms with van der Waals surface area (Å²) in [6, 6.07) is 1.96. The average molecular weight is 295 g/mol. The third kappa shape index (κ3) is 3.76. The number of rotatable bonds is 5. The summed E-state index contributed by atoms with van der Waals surface area (Å²) in [6.45, 7) is 6.75. The van der Waals surface area contributed by atoms with E-state index in [0.29, 0.717) is 37.9 Å². The lowest BCUT2D eigenvalue weighted by Gasteiger charge is -2.38. The zero-order chi connectivity index (χ0) is 14.7. The Balaban J connectivity index is 1.57. The van der Waals surface area contributed by atoms with Crippen LogP contribution in [0.25, 0.3) is 0 Å². The van der Waals surface area contributed by atoms with Crippen LogP contribution in [0.1, 0.15) is 39.0 Å². The number of nitrogens with one attached hydrogen (secondary N) is 1. The lowest BCUT2D eigenvalue weighted by Crippen LogP contribution is -2.52. The van der Waals surface area contributed by atoms with Gasteiger partial charge < -0.3 is 15.0 Å². The Morgan fingerprint density at radius 3 is 2.52 bits per heavy atom. The van der Waals surface area contributed by atoms with Crippen LogP contribution < -0.4 is 5.32 Å². The molecular weight excluding hydrogens is 266 g/mol. The first-order valence-corrected chi connectivity index (χ1v) is 8.62. The largest absolute Gasteiger partial charge is 0.378 e. The van der Waals surface area contributed by atoms with Gasteiger partial charge in [0.15, 0.2) is 0 Å². The first-order chi connectivity index (χ1) is 10.3. The minimum atomic E-state index is 0.289. The van der Waals surface area contributed by atoms with E-state index in [2.05, 4.69) is 17.1 Å². The summed E-state index contributed by atoms with van der Waals surface area (Å²) in [5, 5.41) is 3.70. The number of amides is 1. The van der Waals surface area contributed by atoms with Crippen LogP contribution in [0.4, 0.5) is 0 Å². The van der Waals surface area contributed by atoms with Crippen LogP contribution in [0.15, 0.2) is 0 Å². The molecule has 0 spiro atoms. The van der Waals surface area contributed by atoms with Gasteiger partial charge in [-0.05, 0) is 38.6 Å². The van der Waals surface area contributed by atoms with Crippen molar-refractivity contribution in [1.82, 2.24) is 15.1 Å². The molecule has 0 aromatic rings. The second-order valence-electron chi connectivity index (χ2n) is 6.73. The summed E-state index contributed by atoms with van der Waals surface area (Å²) in [6.07, 6.45) is 6.19. The van der Waals surface area contributed by atoms with Gasteiger partial charge in [0.1, 0.15) is 0 Å². The third-order valence-corrected chi connectivity index (χ3v) is 5.18. The van der Waals surface area contributed by atoms with Crippen LogP contribution in [-0.2, 0) is 9.53 Å². The molecule has 3 fully saturated rings. The monoisotopic (exact) mass is 295 g/mol. The highest BCUT2D eigenvalue weighted by Gasteiger charge is 2.36. The Bertz CT molecular complexity index is 345. The van der Waals surface area contributed by atoms with Gasteiger partial charge in [0.2, 0.25) is 5.91 Å². The summed E-state index contributed by atoms with van der Waals surface area (Å²) in [4.78, 5) is 16.9. The van der Waals surface area contributed by atoms with Crippen LogP contribution in [-0.4, -0.2) is 73.2 Å². The smallest absolute Gasteiger partial charge is 0.236 e. The Morgan fingerprint density at radius 1 is 1.24 bits per heavy atom. The molecule has 1 amide bonds. The maximum absolute atomic E-state index is 12.5. The fourth-order valence-electron chi connectivity index (χ4n) is 4.09. The van der Waals surface area contributed by atoms with Gasteiger partial charge in [-0.1, -0.05) is 6.92 Å². The van der Waals surface area contributed by atoms with Gasteiger partial charge in [-0.2, -0.15) is 0 Å². The molecular formula is C16H29N3O2. The van der Waals surface area contributed by atoms with Gasteiger partial charge in [0, 0.05) is 31.2 Å². The lowest BCUT2D eigenvalue weighted by molar-refractivity contribution is -0.137. The topological polar surface area (TPSA) is 44.8 Å². The molecule has 21 heavy (non-hydrogen) atoms. The number of ether oxygens (including phenoxy) is 1. The first-order valence-electron chi connectivity index (χ1n) is 8.62. The quantitative estimate of drug-likeness (QED) is 0.816. The number of hydrogen-bond donors (Lipinski definition) is 1. The standard InChI is InChI=1S/C16H29N3O2/c1-2-5-19(12-16(20)18-6-8-21-9-7-18)15-10-13-3-4-14(11-15)17-13/h13-15,17H,2-12H2,1H3. The van der Waals surface area contributed by atoms with E-state index in [1.54, 1.807) is 0 Å². The Morgan fingerprint density at radius 2 is 1.90 bits per heavy atom. The zero-order valence-corrected chi connectivity index (χ0v) is 13.2. The molecule has 3 saturated heterocycles. The van der Waals surface area contributed by atoms with Crippen molar-refractivity contribution in [1.29, 1.82) is 0 Å². The van der Waals surface area contributed by atoms with Crippen molar-refractivity contribution in [3.8, 4) is 0 Å². The molecule has 120 valence electrons. The number of carbonyl (C=O) groups is 1. The van der Waals surface area contributed by atoms with E-state index in [4.69, 9.17) is 4.74 Å². The van der Waals surface area contributed by atoms with E-state index < -0.39 is 0 Å². The summed E-state index contributed by atoms with van der Waals surface area (Å²) in [5.74, 6) is 0.289. The van der Waals surface area contributed by atoms with Crippen LogP contribution in [0.5, 0.6) is 0 Å². The number of nitrogens with zero attached hydrogens (tertiary/aromatic N) is 2. The molecule has 3 rings (SSSR count). The molecule has 2 atom stereocenters. The molecule has 3 aliphatic rings. The summed E-state index contributed by atoms with van der Waals surface area (Å²) in [7, 11) is 0. The fraction of sp³-hybridized carbons (Fsp3) is 0.938. The number of carbonyl (C=O) groups excluding carboxylic acids is 1. The van der Waals surface area contributed by atoms with E-state index in [-0.39, 0.29) is 5.91 Å². The molecule has 5 heteroatoms. The molecule has 0 aromatic carbocycles. The predicted molar refractivity (Wildman–Crippen MR) is 82.2 cm³/mol. The number of fused-ring (bicyclic) bond motifs is 2. The highest BCUT2D eigenvalue weighted by atomic mass is 16.5. The van der Waals surface area contributed by atoms with Crippen molar-refractivity contribution in [3.05, 3.63) is 0 Å². The number of piperidine rings is 1. The highest BCUT2D eigenvalue weighted by molar-refractivity contribution is 5.78. The van der Waals surface area contributed by atoms with Crippen LogP contribution in [0.2, 0.25) is 0 Å². The van der Waals surface area contributed by atoms with Gasteiger partial charge in [0.05, 0.1) is 19.8 Å². The molecule has 2 unspecified atom stereocenters. The van der Waals surface area contributed by atoms with Gasteiger partial charge in [-0.3, -0.25) is 9.69 Å². The van der Waals surface area contributed by atoms with Crippen LogP contribution in [0, 0.1) is 0 Å². The Kier molecular flexibility index (Phi) is 5.14. The van der Waals surface area contributed by atoms with Crippen molar-refractivity contribution in [2.45, 2.75) is 57.2 Å². The van der Waals surface area contributed by atoms with Gasteiger partial charge in [0.25, 0.3) is 0 Å². The Labute approximate surface area is 128 Å². The zero-order valence-electron chi connectivity index (χ0n) is 13.2. The normalized spacial score (nSPS) is 32.7. The summed E-state index contributed by atoms with van der Waals surface area (Å²) < 4.78 is 5.34. The number of morpholine rings is 1. The SMILES string of the molecule is CCCN(CC(=O)N1CCOCC1)C1CC2CCC(C1)N2. The molecule has 0 aromatic heterocycles. The van der Waals surface area contributed by atoms with Crippen molar-refractivity contribution in [2.24, 2.45) is 0 Å². The first kappa shape index (κ1) is 15.3. The van der Waals surface area contributed by atoms with Crippen LogP contribution in [0.3, 0.4) is 0 Å². The summed E-state index contributed by atoms with van der Waals surface area (Å²) >= 11 is 0. The molecule has 3 heterocycles. The van der Waals surface area contributed by atoms with E-state index in [1.807, 2.05) is 4.90 Å². The van der Waals surface area contributed by atoms with E-state index in [0.717, 1.165) is 26.1 Å². The minimum absolute atomic E-state index is 0.289. The molecule has 1 N–H and O–H groups in total. The fourth-order valence-corrected chi connectivity index (χ4v) is 4.09. The van der Waals surface area contributed by atoms with Crippen molar-refractivity contribution < 1.29 is 9.53 Å². The Hall–Kier alpha value is -0.650. The highest BCUT2D eigenvalue weighted by Crippen LogP contribution is 2.29. The van der Waals surface area contributed by atoms with E-state index >= 15 is 0 Å². The van der Waals surface area contributed by atoms with Gasteiger partial charge in [-0.25, -0.2) is 0 Å². The average Bonchev–Trinajstić information content (AvgIpc) is 2.86. The molecule has 0 aliphatic carbocycles. The van der Waals surface area contributed by atoms with Crippen molar-refractivity contribution >= 4 is 5.91 Å². The van der Waals surface area contributed by atoms with E-state index in [9.17, 15) is 4.79 Å². The van der Waals surface area contributed by atoms with Crippen molar-refractivity contribution in [2.75, 3.05) is 39.4 Å². The molecule has 5 nitrogen and oxygen atoms in total. The minimum Gasteiger partial charge on any atom is -0.378 e. The number of hydrogen-bond acceptors (Lipinski definition) is 4. The van der Waals surface area contributed by atoms with Gasteiger partial charge >= 0.3 is 0 Å². The third-order valence-electron chi connectivity index (χ3n) is 5.18. The molecule has 0 saturated carbocycles. The summed E-state index contributed by atoms with van der Waals surface area (Å²) in [5.41, 5.74) is 0. The second kappa shape index (κ2) is 7.07. The van der Waals surface area contributed by atoms with Gasteiger partial charge in [-0.15, -0.1) is 0 Å². The molecule has 3 aliphatic heterocycles. The maximum Gasteiger partial charge on any atom is 0.236 e. The molecule has 0 radical (unpaired) electrons. The lowest BCUT2D eigenvalue weighted by atomic mass is 9.98. The van der Waals surface area contributed by atoms with Crippen LogP contribution >= 0.6 is 0 Å². The second-order valence-corrected chi connectivity index (χ2v) is 6.73. The maximum atomic E-state index is 12.5. The van der Waals surface area contributed by atoms with Crippen molar-refractivity contribution in [3.63, 3.8) is 0 Å². The predicted octanol–water partition coefficient (Wildman–Crippen LogP) is 0.840. The molecule has 2 bridgehead atoms.